The molecule has 1 aliphatic rings. The third kappa shape index (κ3) is 13.6. The van der Waals surface area contributed by atoms with Gasteiger partial charge in [-0.1, -0.05) is 130 Å². The summed E-state index contributed by atoms with van der Waals surface area (Å²) in [5.41, 5.74) is 1.89. The Hall–Kier alpha value is -5.82. The van der Waals surface area contributed by atoms with E-state index in [0.29, 0.717) is 36.8 Å². The van der Waals surface area contributed by atoms with Gasteiger partial charge in [0.15, 0.2) is 11.7 Å². The van der Waals surface area contributed by atoms with Crippen molar-refractivity contribution in [3.05, 3.63) is 107 Å². The summed E-state index contributed by atoms with van der Waals surface area (Å²) in [6.07, 6.45) is 9.75. The number of carbonyl (C=O) groups is 6. The number of fused-ring (bicyclic) bond motifs is 3. The van der Waals surface area contributed by atoms with Gasteiger partial charge < -0.3 is 35.8 Å². The zero-order valence-electron chi connectivity index (χ0n) is 33.6. The van der Waals surface area contributed by atoms with Gasteiger partial charge in [0.1, 0.15) is 11.8 Å². The summed E-state index contributed by atoms with van der Waals surface area (Å²) < 4.78 is 5.82. The van der Waals surface area contributed by atoms with Crippen molar-refractivity contribution in [3.8, 4) is 11.1 Å². The number of hydrogen-bond acceptors (Lipinski definition) is 8. The first-order valence-electron chi connectivity index (χ1n) is 20.4. The van der Waals surface area contributed by atoms with Crippen LogP contribution in [0.5, 0.6) is 0 Å². The van der Waals surface area contributed by atoms with Gasteiger partial charge in [0, 0.05) is 36.9 Å². The standard InChI is InChI=1S/C46H56N2O11/c1-2-3-4-7-10-17-33(49)18-11-8-5-6-9-12-23-38(46(58,44(55)56)29-40(50)51)42(52)48-39(43(53)54)28-31-24-26-32(27-25-31)30-47-45(57)59-41-36-21-15-13-19-34(36)35-20-14-16-22-37(35)41/h12-16,19-27,38-39,41,58H,2-11,17-18,28-30H2,1H3,(H,47,57)(H,48,52)(H,50,51)(H,53,54)(H,55,56)/b23-12+/t38-,39+,46+/m1/s1. The average Bonchev–Trinajstić information content (AvgIpc) is 3.52. The van der Waals surface area contributed by atoms with Gasteiger partial charge in [-0.15, -0.1) is 0 Å². The molecule has 3 aromatic rings. The molecule has 6 N–H and O–H groups in total. The first kappa shape index (κ1) is 45.9. The fourth-order valence-electron chi connectivity index (χ4n) is 7.28. The van der Waals surface area contributed by atoms with Crippen molar-refractivity contribution in [2.45, 2.75) is 121 Å². The lowest BCUT2D eigenvalue weighted by molar-refractivity contribution is -0.172. The van der Waals surface area contributed by atoms with E-state index < -0.39 is 60.0 Å². The van der Waals surface area contributed by atoms with Gasteiger partial charge in [0.2, 0.25) is 5.91 Å². The van der Waals surface area contributed by atoms with Gasteiger partial charge in [-0.25, -0.2) is 14.4 Å². The molecule has 13 heteroatoms. The highest BCUT2D eigenvalue weighted by Crippen LogP contribution is 2.45. The highest BCUT2D eigenvalue weighted by Gasteiger charge is 2.49. The van der Waals surface area contributed by atoms with Gasteiger partial charge in [0.25, 0.3) is 0 Å². The zero-order chi connectivity index (χ0) is 42.8. The van der Waals surface area contributed by atoms with Crippen LogP contribution in [0.1, 0.15) is 119 Å². The lowest BCUT2D eigenvalue weighted by atomic mass is 9.82. The first-order chi connectivity index (χ1) is 28.3. The molecular weight excluding hydrogens is 757 g/mol. The summed E-state index contributed by atoms with van der Waals surface area (Å²) in [6, 6.07) is 20.5. The Balaban J connectivity index is 1.30. The Morgan fingerprint density at radius 2 is 1.31 bits per heavy atom. The van der Waals surface area contributed by atoms with Gasteiger partial charge in [-0.05, 0) is 47.9 Å². The zero-order valence-corrected chi connectivity index (χ0v) is 33.6. The van der Waals surface area contributed by atoms with Crippen LogP contribution >= 0.6 is 0 Å². The summed E-state index contributed by atoms with van der Waals surface area (Å²) in [7, 11) is 0. The van der Waals surface area contributed by atoms with Crippen LogP contribution in [0.25, 0.3) is 11.1 Å². The van der Waals surface area contributed by atoms with E-state index in [-0.39, 0.29) is 18.7 Å². The molecule has 59 heavy (non-hydrogen) atoms. The quantitative estimate of drug-likeness (QED) is 0.0344. The number of allylic oxidation sites excluding steroid dienone is 1. The van der Waals surface area contributed by atoms with E-state index in [0.717, 1.165) is 73.3 Å². The molecule has 0 aromatic heterocycles. The molecule has 13 nitrogen and oxygen atoms in total. The number of amides is 2. The van der Waals surface area contributed by atoms with Crippen molar-refractivity contribution in [2.24, 2.45) is 5.92 Å². The maximum atomic E-state index is 13.5. The second kappa shape index (κ2) is 22.9. The maximum Gasteiger partial charge on any atom is 0.408 e. The number of aliphatic hydroxyl groups is 1. The lowest BCUT2D eigenvalue weighted by Gasteiger charge is -2.29. The molecule has 0 radical (unpaired) electrons. The smallest absolute Gasteiger partial charge is 0.408 e. The number of rotatable bonds is 26. The van der Waals surface area contributed by atoms with Crippen molar-refractivity contribution in [1.82, 2.24) is 10.6 Å². The number of unbranched alkanes of at least 4 members (excludes halogenated alkanes) is 8. The summed E-state index contributed by atoms with van der Waals surface area (Å²) in [5.74, 6) is -7.88. The molecular formula is C46H56N2O11. The van der Waals surface area contributed by atoms with Gasteiger partial charge in [-0.3, -0.25) is 14.4 Å². The summed E-state index contributed by atoms with van der Waals surface area (Å²) >= 11 is 0. The van der Waals surface area contributed by atoms with Crippen LogP contribution in [0, 0.1) is 5.92 Å². The van der Waals surface area contributed by atoms with Crippen molar-refractivity contribution >= 4 is 35.7 Å². The normalized spacial score (nSPS) is 14.1. The molecule has 0 bridgehead atoms. The Morgan fingerprint density at radius 1 is 0.746 bits per heavy atom. The third-order valence-electron chi connectivity index (χ3n) is 10.6. The van der Waals surface area contributed by atoms with Gasteiger partial charge >= 0.3 is 24.0 Å². The molecule has 0 unspecified atom stereocenters. The van der Waals surface area contributed by atoms with Crippen molar-refractivity contribution in [2.75, 3.05) is 0 Å². The van der Waals surface area contributed by atoms with Crippen LogP contribution < -0.4 is 10.6 Å². The number of carbonyl (C=O) groups excluding carboxylic acids is 3. The summed E-state index contributed by atoms with van der Waals surface area (Å²) in [6.45, 7) is 2.25. The molecule has 0 saturated heterocycles. The fourth-order valence-corrected chi connectivity index (χ4v) is 7.28. The van der Waals surface area contributed by atoms with E-state index in [2.05, 4.69) is 17.6 Å². The second-order valence-corrected chi connectivity index (χ2v) is 15.1. The number of alkyl carbamates (subject to hydrolysis) is 1. The van der Waals surface area contributed by atoms with E-state index >= 15 is 0 Å². The number of carboxylic acid groups (broad SMARTS) is 3. The van der Waals surface area contributed by atoms with Crippen LogP contribution in [-0.2, 0) is 41.7 Å². The van der Waals surface area contributed by atoms with E-state index in [4.69, 9.17) is 4.74 Å². The number of aliphatic carboxylic acids is 3. The molecule has 2 amide bonds. The highest BCUT2D eigenvalue weighted by atomic mass is 16.6. The number of Topliss-reactive ketones (excluding diaryl/α,β-unsaturated/α-hetero) is 1. The Bertz CT molecular complexity index is 1900. The Kier molecular flexibility index (Phi) is 17.8. The van der Waals surface area contributed by atoms with Crippen LogP contribution in [-0.4, -0.2) is 67.8 Å². The van der Waals surface area contributed by atoms with E-state index in [1.54, 1.807) is 24.3 Å². The largest absolute Gasteiger partial charge is 0.481 e. The van der Waals surface area contributed by atoms with E-state index in [1.165, 1.54) is 12.5 Å². The molecule has 0 saturated carbocycles. The SMILES string of the molecule is CCCCCCCC(=O)CCCCCC/C=C/[C@H](C(=O)N[C@@H](Cc1ccc(CNC(=O)OC2c3ccccc3-c3ccccc32)cc1)C(=O)O)[C@@](O)(CC(=O)O)C(=O)O. The number of hydrogen-bond donors (Lipinski definition) is 6. The van der Waals surface area contributed by atoms with Crippen LogP contribution in [0.3, 0.4) is 0 Å². The number of nitrogens with one attached hydrogen (secondary N) is 2. The molecule has 4 rings (SSSR count). The minimum Gasteiger partial charge on any atom is -0.481 e. The number of carboxylic acids is 3. The number of benzene rings is 3. The summed E-state index contributed by atoms with van der Waals surface area (Å²) in [4.78, 5) is 74.6. The lowest BCUT2D eigenvalue weighted by Crippen LogP contribution is -2.55. The van der Waals surface area contributed by atoms with Crippen LogP contribution in [0.4, 0.5) is 4.79 Å². The van der Waals surface area contributed by atoms with Crippen LogP contribution in [0.2, 0.25) is 0 Å². The predicted molar refractivity (Wildman–Crippen MR) is 220 cm³/mol. The first-order valence-corrected chi connectivity index (χ1v) is 20.4. The van der Waals surface area contributed by atoms with Crippen molar-refractivity contribution < 1.29 is 53.9 Å². The minimum absolute atomic E-state index is 0.110. The molecule has 0 fully saturated rings. The van der Waals surface area contributed by atoms with Crippen molar-refractivity contribution in [3.63, 3.8) is 0 Å². The number of ketones is 1. The summed E-state index contributed by atoms with van der Waals surface area (Å²) in [5, 5.41) is 45.3. The van der Waals surface area contributed by atoms with Gasteiger partial charge in [0.05, 0.1) is 12.3 Å². The van der Waals surface area contributed by atoms with E-state index in [9.17, 15) is 49.2 Å². The molecule has 0 spiro atoms. The third-order valence-corrected chi connectivity index (χ3v) is 10.6. The topological polar surface area (TPSA) is 217 Å². The predicted octanol–water partition coefficient (Wildman–Crippen LogP) is 7.53. The fraction of sp³-hybridized carbons (Fsp3) is 0.435. The van der Waals surface area contributed by atoms with E-state index in [1.807, 2.05) is 48.5 Å². The second-order valence-electron chi connectivity index (χ2n) is 15.1. The van der Waals surface area contributed by atoms with Gasteiger partial charge in [-0.2, -0.15) is 0 Å². The highest BCUT2D eigenvalue weighted by molar-refractivity contribution is 5.94. The average molecular weight is 813 g/mol. The molecule has 3 atom stereocenters. The Morgan fingerprint density at radius 3 is 1.86 bits per heavy atom. The molecule has 0 aliphatic heterocycles. The molecule has 316 valence electrons. The van der Waals surface area contributed by atoms with Crippen molar-refractivity contribution in [1.29, 1.82) is 0 Å². The monoisotopic (exact) mass is 812 g/mol. The molecule has 3 aromatic carbocycles. The Labute approximate surface area is 344 Å². The maximum absolute atomic E-state index is 13.5. The molecule has 1 aliphatic carbocycles. The minimum atomic E-state index is -3.06. The molecule has 0 heterocycles. The number of ether oxygens (including phenoxy) is 1. The van der Waals surface area contributed by atoms with Crippen LogP contribution in [0.15, 0.2) is 84.9 Å².